The summed E-state index contributed by atoms with van der Waals surface area (Å²) in [5.41, 5.74) is 4.46. The fourth-order valence-corrected chi connectivity index (χ4v) is 4.69. The monoisotopic (exact) mass is 466 g/mol. The highest BCUT2D eigenvalue weighted by atomic mass is 16.5. The van der Waals surface area contributed by atoms with Gasteiger partial charge in [-0.3, -0.25) is 9.59 Å². The number of H-pyrrole nitrogens is 1. The number of aliphatic hydroxyl groups is 1. The van der Waals surface area contributed by atoms with Crippen LogP contribution < -0.4 is 4.74 Å². The number of carbonyl (C=O) groups excluding carboxylic acids is 2. The largest absolute Gasteiger partial charge is 0.507 e. The number of hydrogen-bond donors (Lipinski definition) is 2. The molecule has 0 radical (unpaired) electrons. The van der Waals surface area contributed by atoms with E-state index in [1.807, 2.05) is 61.7 Å². The van der Waals surface area contributed by atoms with Crippen molar-refractivity contribution in [2.24, 2.45) is 0 Å². The van der Waals surface area contributed by atoms with Crippen LogP contribution in [-0.4, -0.2) is 40.3 Å². The maximum atomic E-state index is 13.2. The minimum Gasteiger partial charge on any atom is -0.507 e. The van der Waals surface area contributed by atoms with Crippen LogP contribution >= 0.6 is 0 Å². The molecule has 1 fully saturated rings. The fourth-order valence-electron chi connectivity index (χ4n) is 4.69. The molecule has 35 heavy (non-hydrogen) atoms. The summed E-state index contributed by atoms with van der Waals surface area (Å²) in [4.78, 5) is 31.3. The number of aromatic amines is 1. The highest BCUT2D eigenvalue weighted by Crippen LogP contribution is 2.40. The lowest BCUT2D eigenvalue weighted by Crippen LogP contribution is -2.31. The van der Waals surface area contributed by atoms with Gasteiger partial charge in [0.2, 0.25) is 0 Å². The van der Waals surface area contributed by atoms with Crippen molar-refractivity contribution in [2.45, 2.75) is 19.4 Å². The van der Waals surface area contributed by atoms with Gasteiger partial charge >= 0.3 is 0 Å². The zero-order valence-corrected chi connectivity index (χ0v) is 19.6. The number of nitrogens with zero attached hydrogens (tertiary/aromatic N) is 1. The number of ketones is 1. The third-order valence-corrected chi connectivity index (χ3v) is 6.59. The summed E-state index contributed by atoms with van der Waals surface area (Å²) in [6.07, 6.45) is 2.50. The van der Waals surface area contributed by atoms with E-state index in [-0.39, 0.29) is 11.3 Å². The number of amides is 1. The summed E-state index contributed by atoms with van der Waals surface area (Å²) < 4.78 is 5.28. The first-order valence-corrected chi connectivity index (χ1v) is 11.5. The normalized spacial score (nSPS) is 17.3. The number of ether oxygens (including phenoxy) is 1. The summed E-state index contributed by atoms with van der Waals surface area (Å²) >= 11 is 0. The third-order valence-electron chi connectivity index (χ3n) is 6.59. The molecule has 1 aromatic heterocycles. The van der Waals surface area contributed by atoms with Gasteiger partial charge in [-0.2, -0.15) is 0 Å². The van der Waals surface area contributed by atoms with Gasteiger partial charge in [0.05, 0.1) is 18.7 Å². The molecule has 1 saturated heterocycles. The lowest BCUT2D eigenvalue weighted by atomic mass is 9.95. The number of aromatic nitrogens is 1. The Hall–Kier alpha value is -4.32. The molecule has 1 aliphatic heterocycles. The molecular weight excluding hydrogens is 440 g/mol. The van der Waals surface area contributed by atoms with Crippen LogP contribution in [0.25, 0.3) is 16.7 Å². The average molecular weight is 467 g/mol. The number of rotatable bonds is 6. The van der Waals surface area contributed by atoms with E-state index in [1.54, 1.807) is 36.3 Å². The zero-order chi connectivity index (χ0) is 24.5. The van der Waals surface area contributed by atoms with Crippen molar-refractivity contribution < 1.29 is 19.4 Å². The number of nitrogens with one attached hydrogen (secondary N) is 1. The van der Waals surface area contributed by atoms with Crippen LogP contribution in [0.3, 0.4) is 0 Å². The Labute approximate surface area is 203 Å². The molecule has 1 atom stereocenters. The Balaban J connectivity index is 1.56. The first-order chi connectivity index (χ1) is 17.0. The van der Waals surface area contributed by atoms with Gasteiger partial charge < -0.3 is 19.7 Å². The van der Waals surface area contributed by atoms with Gasteiger partial charge in [-0.25, -0.2) is 0 Å². The molecule has 0 spiro atoms. The summed E-state index contributed by atoms with van der Waals surface area (Å²) in [7, 11) is 1.58. The van der Waals surface area contributed by atoms with Gasteiger partial charge in [0.15, 0.2) is 0 Å². The van der Waals surface area contributed by atoms with E-state index in [1.165, 1.54) is 0 Å². The van der Waals surface area contributed by atoms with Crippen molar-refractivity contribution in [1.29, 1.82) is 0 Å². The predicted molar refractivity (Wildman–Crippen MR) is 135 cm³/mol. The summed E-state index contributed by atoms with van der Waals surface area (Å²) in [5, 5.41) is 12.3. The SMILES string of the molecule is COc1ccc(C2/C(=C(/O)c3ccc(C)cc3)C(=O)C(=O)N2CCc2c[nH]c3ccccc23)cc1. The molecule has 4 aromatic rings. The minimum absolute atomic E-state index is 0.1000. The van der Waals surface area contributed by atoms with Crippen molar-refractivity contribution in [1.82, 2.24) is 9.88 Å². The van der Waals surface area contributed by atoms with E-state index in [0.717, 1.165) is 27.6 Å². The van der Waals surface area contributed by atoms with Crippen molar-refractivity contribution in [2.75, 3.05) is 13.7 Å². The van der Waals surface area contributed by atoms with Crippen molar-refractivity contribution >= 4 is 28.4 Å². The second kappa shape index (κ2) is 9.14. The highest BCUT2D eigenvalue weighted by Gasteiger charge is 2.45. The van der Waals surface area contributed by atoms with Gasteiger partial charge in [0.1, 0.15) is 11.5 Å². The average Bonchev–Trinajstić information content (AvgIpc) is 3.41. The lowest BCUT2D eigenvalue weighted by Gasteiger charge is -2.25. The quantitative estimate of drug-likeness (QED) is 0.234. The van der Waals surface area contributed by atoms with Gasteiger partial charge in [0.25, 0.3) is 11.7 Å². The molecule has 2 N–H and O–H groups in total. The summed E-state index contributed by atoms with van der Waals surface area (Å²) in [5.74, 6) is -0.788. The van der Waals surface area contributed by atoms with Crippen LogP contribution in [0.2, 0.25) is 0 Å². The number of likely N-dealkylation sites (tertiary alicyclic amines) is 1. The van der Waals surface area contributed by atoms with Crippen LogP contribution in [0.5, 0.6) is 5.75 Å². The Bertz CT molecular complexity index is 1430. The van der Waals surface area contributed by atoms with E-state index >= 15 is 0 Å². The van der Waals surface area contributed by atoms with Crippen LogP contribution in [-0.2, 0) is 16.0 Å². The number of fused-ring (bicyclic) bond motifs is 1. The Morgan fingerprint density at radius 3 is 2.43 bits per heavy atom. The van der Waals surface area contributed by atoms with Gasteiger partial charge in [-0.05, 0) is 42.7 Å². The molecule has 3 aromatic carbocycles. The first kappa shape index (κ1) is 22.5. The molecule has 6 heteroatoms. The maximum absolute atomic E-state index is 13.2. The second-order valence-electron chi connectivity index (χ2n) is 8.74. The van der Waals surface area contributed by atoms with Crippen LogP contribution in [0, 0.1) is 6.92 Å². The standard InChI is InChI=1S/C29H26N2O4/c1-18-7-9-20(10-8-18)27(32)25-26(19-11-13-22(35-2)14-12-19)31(29(34)28(25)33)16-15-21-17-30-24-6-4-3-5-23(21)24/h3-14,17,26,30,32H,15-16H2,1-2H3/b27-25-. The maximum Gasteiger partial charge on any atom is 0.295 e. The Morgan fingerprint density at radius 2 is 1.71 bits per heavy atom. The molecule has 0 bridgehead atoms. The van der Waals surface area contributed by atoms with E-state index in [0.29, 0.717) is 24.3 Å². The van der Waals surface area contributed by atoms with E-state index in [4.69, 9.17) is 4.74 Å². The van der Waals surface area contributed by atoms with Crippen LogP contribution in [0.1, 0.15) is 28.3 Å². The minimum atomic E-state index is -0.701. The number of para-hydroxylation sites is 1. The van der Waals surface area contributed by atoms with E-state index < -0.39 is 17.7 Å². The van der Waals surface area contributed by atoms with E-state index in [9.17, 15) is 14.7 Å². The molecule has 0 saturated carbocycles. The molecular formula is C29H26N2O4. The number of aliphatic hydroxyl groups excluding tert-OH is 1. The number of benzene rings is 3. The van der Waals surface area contributed by atoms with Gasteiger partial charge in [-0.1, -0.05) is 60.2 Å². The highest BCUT2D eigenvalue weighted by molar-refractivity contribution is 6.46. The summed E-state index contributed by atoms with van der Waals surface area (Å²) in [6.45, 7) is 2.28. The number of aryl methyl sites for hydroxylation is 1. The molecule has 1 amide bonds. The number of carbonyl (C=O) groups is 2. The van der Waals surface area contributed by atoms with Crippen molar-refractivity contribution in [3.8, 4) is 5.75 Å². The zero-order valence-electron chi connectivity index (χ0n) is 19.6. The smallest absolute Gasteiger partial charge is 0.295 e. The lowest BCUT2D eigenvalue weighted by molar-refractivity contribution is -0.139. The predicted octanol–water partition coefficient (Wildman–Crippen LogP) is 5.15. The van der Waals surface area contributed by atoms with Gasteiger partial charge in [-0.15, -0.1) is 0 Å². The van der Waals surface area contributed by atoms with Gasteiger partial charge in [0, 0.05) is 29.2 Å². The van der Waals surface area contributed by atoms with Crippen LogP contribution in [0.4, 0.5) is 0 Å². The molecule has 1 unspecified atom stereocenters. The van der Waals surface area contributed by atoms with Crippen molar-refractivity contribution in [3.63, 3.8) is 0 Å². The molecule has 1 aliphatic rings. The van der Waals surface area contributed by atoms with E-state index in [2.05, 4.69) is 4.98 Å². The second-order valence-corrected chi connectivity index (χ2v) is 8.74. The number of hydrogen-bond acceptors (Lipinski definition) is 4. The first-order valence-electron chi connectivity index (χ1n) is 11.5. The third kappa shape index (κ3) is 4.08. The molecule has 0 aliphatic carbocycles. The van der Waals surface area contributed by atoms with Crippen LogP contribution in [0.15, 0.2) is 84.6 Å². The topological polar surface area (TPSA) is 82.6 Å². The Morgan fingerprint density at radius 1 is 1.00 bits per heavy atom. The molecule has 2 heterocycles. The molecule has 176 valence electrons. The summed E-state index contributed by atoms with van der Waals surface area (Å²) in [6, 6.07) is 21.8. The number of Topliss-reactive ketones (excluding diaryl/α,β-unsaturated/α-hetero) is 1. The number of methoxy groups -OCH3 is 1. The molecule has 5 rings (SSSR count). The fraction of sp³-hybridized carbons (Fsp3) is 0.172. The van der Waals surface area contributed by atoms with Crippen molar-refractivity contribution in [3.05, 3.63) is 107 Å². The molecule has 6 nitrogen and oxygen atoms in total. The Kier molecular flexibility index (Phi) is 5.87.